The summed E-state index contributed by atoms with van der Waals surface area (Å²) in [5.41, 5.74) is 0. The summed E-state index contributed by atoms with van der Waals surface area (Å²) in [5, 5.41) is 0. The average Bonchev–Trinajstić information content (AvgIpc) is 3.45. The first-order chi connectivity index (χ1) is 39.0. The van der Waals surface area contributed by atoms with Crippen LogP contribution in [0.1, 0.15) is 303 Å². The monoisotopic (exact) mass is 1090 g/mol. The van der Waals surface area contributed by atoms with Crippen LogP contribution in [0.5, 0.6) is 0 Å². The lowest BCUT2D eigenvalue weighted by Crippen LogP contribution is -2.30. The molecule has 0 aliphatic carbocycles. The Balaban J connectivity index is 4.38. The van der Waals surface area contributed by atoms with Gasteiger partial charge in [-0.15, -0.1) is 0 Å². The van der Waals surface area contributed by atoms with Crippen molar-refractivity contribution < 1.29 is 28.6 Å². The van der Waals surface area contributed by atoms with Crippen LogP contribution in [0.25, 0.3) is 0 Å². The topological polar surface area (TPSA) is 78.9 Å². The number of hydrogen-bond acceptors (Lipinski definition) is 6. The van der Waals surface area contributed by atoms with Crippen molar-refractivity contribution in [2.24, 2.45) is 0 Å². The number of esters is 3. The molecule has 0 bridgehead atoms. The van der Waals surface area contributed by atoms with Crippen molar-refractivity contribution in [3.05, 3.63) is 122 Å². The maximum Gasteiger partial charge on any atom is 0.306 e. The van der Waals surface area contributed by atoms with Crippen molar-refractivity contribution >= 4 is 17.9 Å². The lowest BCUT2D eigenvalue weighted by Gasteiger charge is -2.18. The molecule has 79 heavy (non-hydrogen) atoms. The van der Waals surface area contributed by atoms with Gasteiger partial charge in [-0.3, -0.25) is 14.4 Å². The molecule has 0 saturated carbocycles. The van der Waals surface area contributed by atoms with Crippen LogP contribution in [0.2, 0.25) is 0 Å². The Kier molecular flexibility index (Phi) is 62.8. The molecule has 0 heterocycles. The van der Waals surface area contributed by atoms with Gasteiger partial charge in [-0.2, -0.15) is 0 Å². The summed E-state index contributed by atoms with van der Waals surface area (Å²) in [6.45, 7) is 6.35. The van der Waals surface area contributed by atoms with E-state index in [9.17, 15) is 14.4 Å². The summed E-state index contributed by atoms with van der Waals surface area (Å²) in [6, 6.07) is 0. The fourth-order valence-corrected chi connectivity index (χ4v) is 9.11. The van der Waals surface area contributed by atoms with Gasteiger partial charge in [-0.05, 0) is 96.3 Å². The second-order valence-corrected chi connectivity index (χ2v) is 21.6. The molecule has 6 heteroatoms. The van der Waals surface area contributed by atoms with E-state index in [4.69, 9.17) is 14.2 Å². The van der Waals surface area contributed by atoms with Crippen LogP contribution >= 0.6 is 0 Å². The molecule has 0 saturated heterocycles. The first-order valence-corrected chi connectivity index (χ1v) is 33.0. The van der Waals surface area contributed by atoms with E-state index in [1.807, 2.05) is 6.08 Å². The minimum Gasteiger partial charge on any atom is -0.462 e. The summed E-state index contributed by atoms with van der Waals surface area (Å²) in [6.07, 6.45) is 92.4. The molecule has 0 aromatic carbocycles. The quantitative estimate of drug-likeness (QED) is 0.0261. The minimum atomic E-state index is -0.824. The Morgan fingerprint density at radius 1 is 0.266 bits per heavy atom. The molecule has 0 aromatic heterocycles. The highest BCUT2D eigenvalue weighted by molar-refractivity contribution is 5.71. The highest BCUT2D eigenvalue weighted by atomic mass is 16.6. The zero-order chi connectivity index (χ0) is 57.1. The molecule has 6 nitrogen and oxygen atoms in total. The Bertz CT molecular complexity index is 1640. The molecule has 0 rings (SSSR count). The largest absolute Gasteiger partial charge is 0.462 e. The second-order valence-electron chi connectivity index (χ2n) is 21.6. The molecule has 0 aliphatic rings. The van der Waals surface area contributed by atoms with Crippen molar-refractivity contribution in [1.29, 1.82) is 0 Å². The Morgan fingerprint density at radius 2 is 0.519 bits per heavy atom. The minimum absolute atomic E-state index is 0.111. The number of ether oxygens (including phenoxy) is 3. The van der Waals surface area contributed by atoms with Gasteiger partial charge in [0.1, 0.15) is 13.2 Å². The zero-order valence-electron chi connectivity index (χ0n) is 51.6. The predicted octanol–water partition coefficient (Wildman–Crippen LogP) is 22.8. The van der Waals surface area contributed by atoms with Gasteiger partial charge in [-0.25, -0.2) is 0 Å². The maximum absolute atomic E-state index is 12.9. The van der Waals surface area contributed by atoms with Crippen LogP contribution in [-0.4, -0.2) is 37.2 Å². The van der Waals surface area contributed by atoms with Crippen molar-refractivity contribution in [2.45, 2.75) is 309 Å². The van der Waals surface area contributed by atoms with E-state index in [1.54, 1.807) is 0 Å². The standard InChI is InChI=1S/C73H122O6/c1-4-7-10-13-16-19-22-25-27-29-31-33-35-36-38-39-41-43-45-48-51-54-57-60-63-66-72(75)78-69-70(68-77-71(74)65-62-59-56-53-50-47-24-21-18-15-12-9-6-3)79-73(76)67-64-61-58-55-52-49-46-44-42-40-37-34-32-30-28-26-23-20-17-14-11-8-5-2/h8-9,11-12,17-18,20-21,26,28,32,34,40,42,46-47,49-50,56,59,70H,4-7,10,13-16,19,22-25,27,29-31,33,35-39,41,43-45,48,51-55,57-58,60-69H2,1-3H3/b11-8-,12-9-,20-17-,21-18-,28-26-,34-32-,42-40-,49-46-,50-47-,59-56-. The molecule has 0 amide bonds. The van der Waals surface area contributed by atoms with Crippen LogP contribution in [-0.2, 0) is 28.6 Å². The molecule has 1 unspecified atom stereocenters. The fraction of sp³-hybridized carbons (Fsp3) is 0.685. The number of carbonyl (C=O) groups excluding carboxylic acids is 3. The Labute approximate surface area is 488 Å². The SMILES string of the molecule is CC/C=C\C/C=C\C/C=C\C/C=C\C/C=C\C/C=C\CCCCCCC(=O)OC(COC(=O)CC/C=C\C/C=C\C/C=C\C/C=C\CC)COC(=O)CCCCCCCCCCCCCCCCCCCCCCCCCCC. The first-order valence-electron chi connectivity index (χ1n) is 33.0. The van der Waals surface area contributed by atoms with E-state index in [-0.39, 0.29) is 44.0 Å². The van der Waals surface area contributed by atoms with E-state index in [1.165, 1.54) is 141 Å². The number of allylic oxidation sites excluding steroid dienone is 20. The number of rotatable bonds is 59. The van der Waals surface area contributed by atoms with Crippen LogP contribution in [0.3, 0.4) is 0 Å². The molecule has 0 aliphatic heterocycles. The van der Waals surface area contributed by atoms with Gasteiger partial charge in [-0.1, -0.05) is 309 Å². The summed E-state index contributed by atoms with van der Waals surface area (Å²) >= 11 is 0. The van der Waals surface area contributed by atoms with E-state index >= 15 is 0 Å². The molecular formula is C73H122O6. The third kappa shape index (κ3) is 64.5. The molecule has 0 fully saturated rings. The van der Waals surface area contributed by atoms with E-state index in [0.717, 1.165) is 116 Å². The van der Waals surface area contributed by atoms with Crippen molar-refractivity contribution in [1.82, 2.24) is 0 Å². The molecule has 0 aromatic rings. The highest BCUT2D eigenvalue weighted by Gasteiger charge is 2.19. The number of unbranched alkanes of at least 4 members (excludes halogenated alkanes) is 28. The van der Waals surface area contributed by atoms with Crippen molar-refractivity contribution in [3.63, 3.8) is 0 Å². The van der Waals surface area contributed by atoms with Crippen LogP contribution in [0, 0.1) is 0 Å². The van der Waals surface area contributed by atoms with Crippen molar-refractivity contribution in [3.8, 4) is 0 Å². The van der Waals surface area contributed by atoms with Gasteiger partial charge < -0.3 is 14.2 Å². The van der Waals surface area contributed by atoms with Crippen LogP contribution < -0.4 is 0 Å². The first kappa shape index (κ1) is 74.8. The van der Waals surface area contributed by atoms with E-state index < -0.39 is 6.10 Å². The Hall–Kier alpha value is -4.19. The molecule has 0 radical (unpaired) electrons. The lowest BCUT2D eigenvalue weighted by molar-refractivity contribution is -0.166. The third-order valence-electron chi connectivity index (χ3n) is 14.0. The molecule has 450 valence electrons. The van der Waals surface area contributed by atoms with Gasteiger partial charge >= 0.3 is 17.9 Å². The van der Waals surface area contributed by atoms with Crippen molar-refractivity contribution in [2.75, 3.05) is 13.2 Å². The zero-order valence-corrected chi connectivity index (χ0v) is 51.6. The van der Waals surface area contributed by atoms with E-state index in [0.29, 0.717) is 12.8 Å². The fourth-order valence-electron chi connectivity index (χ4n) is 9.11. The third-order valence-corrected chi connectivity index (χ3v) is 14.0. The molecule has 0 N–H and O–H groups in total. The summed E-state index contributed by atoms with van der Waals surface area (Å²) in [7, 11) is 0. The molecule has 0 spiro atoms. The summed E-state index contributed by atoms with van der Waals surface area (Å²) in [4.78, 5) is 38.3. The molecular weight excluding hydrogens is 973 g/mol. The maximum atomic E-state index is 12.9. The Morgan fingerprint density at radius 3 is 0.848 bits per heavy atom. The number of hydrogen-bond donors (Lipinski definition) is 0. The van der Waals surface area contributed by atoms with Crippen LogP contribution in [0.4, 0.5) is 0 Å². The normalized spacial score (nSPS) is 12.9. The van der Waals surface area contributed by atoms with Gasteiger partial charge in [0.15, 0.2) is 6.10 Å². The molecule has 1 atom stereocenters. The lowest BCUT2D eigenvalue weighted by atomic mass is 10.0. The highest BCUT2D eigenvalue weighted by Crippen LogP contribution is 2.17. The predicted molar refractivity (Wildman–Crippen MR) is 343 cm³/mol. The van der Waals surface area contributed by atoms with Gasteiger partial charge in [0.25, 0.3) is 0 Å². The van der Waals surface area contributed by atoms with E-state index in [2.05, 4.69) is 136 Å². The van der Waals surface area contributed by atoms with Crippen LogP contribution in [0.15, 0.2) is 122 Å². The van der Waals surface area contributed by atoms with Gasteiger partial charge in [0, 0.05) is 19.3 Å². The van der Waals surface area contributed by atoms with Gasteiger partial charge in [0.2, 0.25) is 0 Å². The smallest absolute Gasteiger partial charge is 0.306 e. The summed E-state index contributed by atoms with van der Waals surface area (Å²) < 4.78 is 16.8. The van der Waals surface area contributed by atoms with Gasteiger partial charge in [0.05, 0.1) is 0 Å². The average molecular weight is 1100 g/mol. The number of carbonyl (C=O) groups is 3. The second kappa shape index (κ2) is 66.3. The summed E-state index contributed by atoms with van der Waals surface area (Å²) in [5.74, 6) is -1.01.